The van der Waals surface area contributed by atoms with Crippen LogP contribution in [-0.2, 0) is 26.8 Å². The van der Waals surface area contributed by atoms with Gasteiger partial charge in [0.2, 0.25) is 5.91 Å². The molecule has 0 spiro atoms. The quantitative estimate of drug-likeness (QED) is 0.173. The third-order valence-electron chi connectivity index (χ3n) is 6.53. The maximum atomic E-state index is 12.5. The van der Waals surface area contributed by atoms with Gasteiger partial charge in [0.05, 0.1) is 22.7 Å². The first kappa shape index (κ1) is 31.4. The van der Waals surface area contributed by atoms with E-state index >= 15 is 0 Å². The molecule has 0 bridgehead atoms. The SMILES string of the molecule is CC(C)(C)OC(=O)C(CCC(N)=O)c1ccc2ccccc2n1.O=C1N=Cc2c(OCc3ccc(CCl)cc3)cccc21. The van der Waals surface area contributed by atoms with Crippen LogP contribution < -0.4 is 10.5 Å². The Morgan fingerprint density at radius 3 is 2.35 bits per heavy atom. The van der Waals surface area contributed by atoms with Crippen molar-refractivity contribution in [2.24, 2.45) is 10.7 Å². The van der Waals surface area contributed by atoms with Crippen molar-refractivity contribution in [2.75, 3.05) is 0 Å². The highest BCUT2D eigenvalue weighted by Crippen LogP contribution is 2.27. The lowest BCUT2D eigenvalue weighted by atomic mass is 9.97. The minimum Gasteiger partial charge on any atom is -0.488 e. The number of para-hydroxylation sites is 1. The largest absolute Gasteiger partial charge is 0.488 e. The molecule has 9 heteroatoms. The summed E-state index contributed by atoms with van der Waals surface area (Å²) in [5.41, 5.74) is 9.51. The first-order valence-electron chi connectivity index (χ1n) is 13.9. The van der Waals surface area contributed by atoms with E-state index in [1.165, 1.54) is 0 Å². The summed E-state index contributed by atoms with van der Waals surface area (Å²) < 4.78 is 11.2. The number of halogens is 1. The number of esters is 1. The number of alkyl halides is 1. The van der Waals surface area contributed by atoms with Crippen LogP contribution in [0.1, 0.15) is 72.3 Å². The number of carbonyl (C=O) groups is 3. The molecule has 1 aliphatic rings. The lowest BCUT2D eigenvalue weighted by Gasteiger charge is -2.23. The van der Waals surface area contributed by atoms with Crippen molar-refractivity contribution >= 4 is 46.5 Å². The average Bonchev–Trinajstić information content (AvgIpc) is 3.36. The minimum absolute atomic E-state index is 0.110. The van der Waals surface area contributed by atoms with Crippen molar-refractivity contribution in [3.8, 4) is 5.75 Å². The number of fused-ring (bicyclic) bond motifs is 2. The Morgan fingerprint density at radius 2 is 1.65 bits per heavy atom. The fourth-order valence-corrected chi connectivity index (χ4v) is 4.57. The van der Waals surface area contributed by atoms with Gasteiger partial charge in [-0.2, -0.15) is 0 Å². The van der Waals surface area contributed by atoms with Gasteiger partial charge in [0.1, 0.15) is 18.0 Å². The van der Waals surface area contributed by atoms with Crippen LogP contribution in [0, 0.1) is 0 Å². The topological polar surface area (TPSA) is 121 Å². The van der Waals surface area contributed by atoms with E-state index in [4.69, 9.17) is 26.8 Å². The maximum Gasteiger partial charge on any atom is 0.315 e. The number of ether oxygens (including phenoxy) is 2. The molecule has 2 amide bonds. The second-order valence-electron chi connectivity index (χ2n) is 11.0. The Kier molecular flexibility index (Phi) is 10.3. The first-order valence-corrected chi connectivity index (χ1v) is 14.4. The Morgan fingerprint density at radius 1 is 0.930 bits per heavy atom. The molecule has 1 aliphatic heterocycles. The molecule has 2 heterocycles. The Balaban J connectivity index is 0.000000198. The summed E-state index contributed by atoms with van der Waals surface area (Å²) in [6.45, 7) is 5.87. The van der Waals surface area contributed by atoms with Crippen LogP contribution in [0.3, 0.4) is 0 Å². The van der Waals surface area contributed by atoms with Crippen LogP contribution >= 0.6 is 11.6 Å². The number of aliphatic imine (C=N–C) groups is 1. The van der Waals surface area contributed by atoms with Crippen LogP contribution in [-0.4, -0.2) is 34.6 Å². The van der Waals surface area contributed by atoms with Crippen molar-refractivity contribution in [2.45, 2.75) is 57.6 Å². The summed E-state index contributed by atoms with van der Waals surface area (Å²) in [5, 5.41) is 0.995. The summed E-state index contributed by atoms with van der Waals surface area (Å²) in [7, 11) is 0. The predicted octanol–water partition coefficient (Wildman–Crippen LogP) is 6.50. The molecule has 1 aromatic heterocycles. The summed E-state index contributed by atoms with van der Waals surface area (Å²) in [5.74, 6) is -0.464. The molecule has 0 saturated carbocycles. The lowest BCUT2D eigenvalue weighted by Crippen LogP contribution is -2.29. The smallest absolute Gasteiger partial charge is 0.315 e. The molecular weight excluding hydrogens is 566 g/mol. The number of amides is 2. The fraction of sp³-hybridized carbons (Fsp3) is 0.265. The van der Waals surface area contributed by atoms with Gasteiger partial charge in [-0.1, -0.05) is 54.6 Å². The highest BCUT2D eigenvalue weighted by molar-refractivity contribution is 6.17. The van der Waals surface area contributed by atoms with Gasteiger partial charge < -0.3 is 15.2 Å². The van der Waals surface area contributed by atoms with E-state index in [1.54, 1.807) is 24.4 Å². The molecule has 5 rings (SSSR count). The van der Waals surface area contributed by atoms with Gasteiger partial charge in [0.15, 0.2) is 0 Å². The minimum atomic E-state index is -0.605. The summed E-state index contributed by atoms with van der Waals surface area (Å²) in [4.78, 5) is 43.4. The third-order valence-corrected chi connectivity index (χ3v) is 6.84. The Labute approximate surface area is 255 Å². The van der Waals surface area contributed by atoms with Crippen LogP contribution in [0.2, 0.25) is 0 Å². The van der Waals surface area contributed by atoms with E-state index in [2.05, 4.69) is 9.98 Å². The Hall–Kier alpha value is -4.56. The highest BCUT2D eigenvalue weighted by atomic mass is 35.5. The van der Waals surface area contributed by atoms with Crippen molar-refractivity contribution < 1.29 is 23.9 Å². The number of carbonyl (C=O) groups excluding carboxylic acids is 3. The van der Waals surface area contributed by atoms with E-state index in [0.717, 1.165) is 27.6 Å². The van der Waals surface area contributed by atoms with Crippen molar-refractivity contribution in [3.05, 3.63) is 107 Å². The highest BCUT2D eigenvalue weighted by Gasteiger charge is 2.28. The van der Waals surface area contributed by atoms with E-state index in [0.29, 0.717) is 29.5 Å². The van der Waals surface area contributed by atoms with Gasteiger partial charge in [-0.3, -0.25) is 19.4 Å². The molecular formula is C34H34ClN3O5. The number of hydrogen-bond donors (Lipinski definition) is 1. The number of pyridine rings is 1. The van der Waals surface area contributed by atoms with Crippen LogP contribution in [0.5, 0.6) is 5.75 Å². The molecule has 0 saturated heterocycles. The molecule has 1 unspecified atom stereocenters. The first-order chi connectivity index (χ1) is 20.5. The molecule has 43 heavy (non-hydrogen) atoms. The average molecular weight is 600 g/mol. The second-order valence-corrected chi connectivity index (χ2v) is 11.3. The number of aromatic nitrogens is 1. The molecule has 0 fully saturated rings. The van der Waals surface area contributed by atoms with Gasteiger partial charge >= 0.3 is 5.97 Å². The van der Waals surface area contributed by atoms with E-state index in [9.17, 15) is 14.4 Å². The summed E-state index contributed by atoms with van der Waals surface area (Å²) >= 11 is 5.75. The van der Waals surface area contributed by atoms with Gasteiger partial charge in [0, 0.05) is 29.5 Å². The van der Waals surface area contributed by atoms with E-state index in [-0.39, 0.29) is 24.7 Å². The van der Waals surface area contributed by atoms with Gasteiger partial charge in [0.25, 0.3) is 5.91 Å². The molecule has 222 valence electrons. The summed E-state index contributed by atoms with van der Waals surface area (Å²) in [6, 6.07) is 24.7. The molecule has 4 aromatic rings. The normalized spacial score (nSPS) is 12.7. The Bertz CT molecular complexity index is 1640. The molecule has 0 aliphatic carbocycles. The molecule has 0 radical (unpaired) electrons. The van der Waals surface area contributed by atoms with Crippen molar-refractivity contribution in [1.82, 2.24) is 4.98 Å². The number of rotatable bonds is 9. The second kappa shape index (κ2) is 14.1. The number of primary amides is 1. The molecule has 2 N–H and O–H groups in total. The monoisotopic (exact) mass is 599 g/mol. The zero-order chi connectivity index (χ0) is 31.0. The lowest BCUT2D eigenvalue weighted by molar-refractivity contribution is -0.157. The number of benzene rings is 3. The zero-order valence-corrected chi connectivity index (χ0v) is 25.1. The number of hydrogen-bond acceptors (Lipinski definition) is 6. The van der Waals surface area contributed by atoms with Gasteiger partial charge in [-0.05, 0) is 62.6 Å². The number of nitrogens with zero attached hydrogens (tertiary/aromatic N) is 2. The van der Waals surface area contributed by atoms with Gasteiger partial charge in [-0.25, -0.2) is 4.99 Å². The standard InChI is InChI=1S/C18H22N2O3.C16H12ClNO2/c1-18(2,3)23-17(22)13(9-11-16(19)21)15-10-8-12-6-4-5-7-14(12)20-15;17-8-11-4-6-12(7-5-11)10-20-15-3-1-2-13-14(15)9-18-16(13)19/h4-8,10,13H,9,11H2,1-3H3,(H2,19,21);1-7,9H,8,10H2. The maximum absolute atomic E-state index is 12.5. The molecule has 8 nitrogen and oxygen atoms in total. The van der Waals surface area contributed by atoms with Crippen molar-refractivity contribution in [1.29, 1.82) is 0 Å². The van der Waals surface area contributed by atoms with E-state index < -0.39 is 17.4 Å². The molecule has 1 atom stereocenters. The third kappa shape index (κ3) is 8.72. The van der Waals surface area contributed by atoms with Crippen LogP contribution in [0.4, 0.5) is 0 Å². The zero-order valence-electron chi connectivity index (χ0n) is 24.4. The fourth-order valence-electron chi connectivity index (χ4n) is 4.39. The van der Waals surface area contributed by atoms with Gasteiger partial charge in [-0.15, -0.1) is 11.6 Å². The van der Waals surface area contributed by atoms with Crippen LogP contribution in [0.15, 0.2) is 83.9 Å². The van der Waals surface area contributed by atoms with Crippen LogP contribution in [0.25, 0.3) is 10.9 Å². The van der Waals surface area contributed by atoms with Crippen molar-refractivity contribution in [3.63, 3.8) is 0 Å². The molecule has 3 aromatic carbocycles. The predicted molar refractivity (Wildman–Crippen MR) is 167 cm³/mol. The number of nitrogens with two attached hydrogens (primary N) is 1. The van der Waals surface area contributed by atoms with E-state index in [1.807, 2.05) is 81.4 Å². The summed E-state index contributed by atoms with van der Waals surface area (Å²) in [6.07, 6.45) is 1.96.